The highest BCUT2D eigenvalue weighted by molar-refractivity contribution is 5.75. The third-order valence-electron chi connectivity index (χ3n) is 3.94. The van der Waals surface area contributed by atoms with Gasteiger partial charge in [-0.1, -0.05) is 18.2 Å². The Hall–Kier alpha value is -2.65. The lowest BCUT2D eigenvalue weighted by molar-refractivity contribution is -0.159. The number of esters is 1. The van der Waals surface area contributed by atoms with E-state index in [0.717, 1.165) is 13.9 Å². The van der Waals surface area contributed by atoms with Gasteiger partial charge in [-0.25, -0.2) is 28.3 Å². The van der Waals surface area contributed by atoms with Crippen molar-refractivity contribution < 1.29 is 19.7 Å². The van der Waals surface area contributed by atoms with Crippen LogP contribution in [-0.4, -0.2) is 48.9 Å². The second kappa shape index (κ2) is 6.10. The van der Waals surface area contributed by atoms with Crippen molar-refractivity contribution in [1.29, 1.82) is 0 Å². The summed E-state index contributed by atoms with van der Waals surface area (Å²) in [6.07, 6.45) is -2.92. The number of para-hydroxylation sites is 1. The van der Waals surface area contributed by atoms with Crippen molar-refractivity contribution in [2.75, 3.05) is 6.61 Å². The zero-order chi connectivity index (χ0) is 17.4. The fourth-order valence-electron chi connectivity index (χ4n) is 2.84. The molecule has 1 aliphatic rings. The average Bonchev–Trinajstić information content (AvgIpc) is 2.80. The van der Waals surface area contributed by atoms with E-state index in [4.69, 9.17) is 4.74 Å². The summed E-state index contributed by atoms with van der Waals surface area (Å²) in [5.74, 6) is -0.884. The van der Waals surface area contributed by atoms with Crippen molar-refractivity contribution in [2.45, 2.75) is 31.7 Å². The van der Waals surface area contributed by atoms with E-state index in [1.807, 2.05) is 0 Å². The van der Waals surface area contributed by atoms with Crippen molar-refractivity contribution >= 4 is 5.97 Å². The highest BCUT2D eigenvalue weighted by atomic mass is 16.5. The Bertz CT molecular complexity index is 866. The Morgan fingerprint density at radius 1 is 1.21 bits per heavy atom. The first kappa shape index (κ1) is 16.2. The smallest absolute Gasteiger partial charge is 0.352 e. The minimum absolute atomic E-state index is 0.0382. The topological polar surface area (TPSA) is 116 Å². The van der Waals surface area contributed by atoms with Crippen molar-refractivity contribution in [1.82, 2.24) is 13.9 Å². The van der Waals surface area contributed by atoms with Crippen LogP contribution in [0.15, 0.2) is 39.9 Å². The van der Waals surface area contributed by atoms with E-state index in [1.54, 1.807) is 37.3 Å². The standard InChI is InChI=1S/C15H17N3O6/c1-2-24-13(21)11-12(20)10(19)8-16-14(22)17(15(23)18(11)16)9-6-4-3-5-7-9/h3-7,10-12,19-20H,2,8H2,1H3/t10-,11+,12+/m1/s1. The summed E-state index contributed by atoms with van der Waals surface area (Å²) in [4.78, 5) is 37.4. The summed E-state index contributed by atoms with van der Waals surface area (Å²) < 4.78 is 7.56. The van der Waals surface area contributed by atoms with Crippen LogP contribution in [0.5, 0.6) is 0 Å². The monoisotopic (exact) mass is 335 g/mol. The summed E-state index contributed by atoms with van der Waals surface area (Å²) in [6.45, 7) is 1.32. The van der Waals surface area contributed by atoms with Crippen LogP contribution in [0.2, 0.25) is 0 Å². The van der Waals surface area contributed by atoms with Gasteiger partial charge in [0.1, 0.15) is 12.2 Å². The Kier molecular flexibility index (Phi) is 4.12. The maximum absolute atomic E-state index is 12.7. The fraction of sp³-hybridized carbons (Fsp3) is 0.400. The highest BCUT2D eigenvalue weighted by Crippen LogP contribution is 2.21. The van der Waals surface area contributed by atoms with E-state index in [2.05, 4.69) is 0 Å². The number of carbonyl (C=O) groups excluding carboxylic acids is 1. The molecule has 0 bridgehead atoms. The Labute approximate surface area is 135 Å². The van der Waals surface area contributed by atoms with Gasteiger partial charge in [-0.2, -0.15) is 0 Å². The Balaban J connectivity index is 2.23. The normalized spacial score (nSPS) is 22.9. The number of fused-ring (bicyclic) bond motifs is 1. The van der Waals surface area contributed by atoms with Crippen molar-refractivity contribution in [3.63, 3.8) is 0 Å². The molecule has 2 heterocycles. The maximum Gasteiger partial charge on any atom is 0.352 e. The third-order valence-corrected chi connectivity index (χ3v) is 3.94. The molecule has 0 radical (unpaired) electrons. The van der Waals surface area contributed by atoms with Crippen molar-refractivity contribution in [3.8, 4) is 5.69 Å². The van der Waals surface area contributed by atoms with Gasteiger partial charge in [-0.3, -0.25) is 0 Å². The summed E-state index contributed by atoms with van der Waals surface area (Å²) in [6, 6.07) is 6.71. The van der Waals surface area contributed by atoms with Gasteiger partial charge in [0.2, 0.25) is 0 Å². The zero-order valence-electron chi connectivity index (χ0n) is 12.9. The predicted molar refractivity (Wildman–Crippen MR) is 82.0 cm³/mol. The van der Waals surface area contributed by atoms with E-state index >= 15 is 0 Å². The van der Waals surface area contributed by atoms with Crippen molar-refractivity contribution in [2.24, 2.45) is 0 Å². The molecule has 2 aromatic rings. The Morgan fingerprint density at radius 3 is 2.50 bits per heavy atom. The molecule has 1 aromatic carbocycles. The number of nitrogens with zero attached hydrogens (tertiary/aromatic N) is 3. The van der Waals surface area contributed by atoms with Crippen LogP contribution in [0.25, 0.3) is 5.69 Å². The molecular weight excluding hydrogens is 318 g/mol. The molecule has 0 unspecified atom stereocenters. The lowest BCUT2D eigenvalue weighted by Crippen LogP contribution is -2.53. The summed E-state index contributed by atoms with van der Waals surface area (Å²) in [7, 11) is 0. The van der Waals surface area contributed by atoms with Crippen molar-refractivity contribution in [3.05, 3.63) is 51.3 Å². The summed E-state index contributed by atoms with van der Waals surface area (Å²) >= 11 is 0. The molecule has 0 aliphatic carbocycles. The molecule has 0 amide bonds. The molecule has 3 rings (SSSR count). The molecule has 0 saturated heterocycles. The minimum Gasteiger partial charge on any atom is -0.464 e. The number of ether oxygens (including phenoxy) is 1. The van der Waals surface area contributed by atoms with E-state index in [9.17, 15) is 24.6 Å². The first-order valence-electron chi connectivity index (χ1n) is 7.50. The highest BCUT2D eigenvalue weighted by Gasteiger charge is 2.43. The maximum atomic E-state index is 12.7. The van der Waals surface area contributed by atoms with Gasteiger partial charge in [0.05, 0.1) is 18.8 Å². The van der Waals surface area contributed by atoms with E-state index < -0.39 is 35.6 Å². The number of aromatic nitrogens is 3. The second-order valence-corrected chi connectivity index (χ2v) is 5.42. The first-order valence-corrected chi connectivity index (χ1v) is 7.50. The second-order valence-electron chi connectivity index (χ2n) is 5.42. The van der Waals surface area contributed by atoms with Gasteiger partial charge in [-0.15, -0.1) is 0 Å². The summed E-state index contributed by atoms with van der Waals surface area (Å²) in [5.41, 5.74) is -1.16. The zero-order valence-corrected chi connectivity index (χ0v) is 12.9. The molecule has 1 aromatic heterocycles. The van der Waals surface area contributed by atoms with Crippen LogP contribution in [0, 0.1) is 0 Å². The minimum atomic E-state index is -1.55. The number of rotatable bonds is 3. The van der Waals surface area contributed by atoms with E-state index in [1.165, 1.54) is 0 Å². The van der Waals surface area contributed by atoms with Gasteiger partial charge >= 0.3 is 17.3 Å². The molecule has 9 heteroatoms. The fourth-order valence-corrected chi connectivity index (χ4v) is 2.84. The van der Waals surface area contributed by atoms with Crippen LogP contribution in [0.3, 0.4) is 0 Å². The lowest BCUT2D eigenvalue weighted by Gasteiger charge is -2.31. The predicted octanol–water partition coefficient (Wildman–Crippen LogP) is -1.36. The molecule has 128 valence electrons. The Morgan fingerprint density at radius 2 is 1.88 bits per heavy atom. The number of hydrogen-bond acceptors (Lipinski definition) is 6. The molecule has 9 nitrogen and oxygen atoms in total. The molecule has 3 atom stereocenters. The molecular formula is C15H17N3O6. The molecule has 1 aliphatic heterocycles. The number of aliphatic hydroxyl groups excluding tert-OH is 2. The van der Waals surface area contributed by atoms with Gasteiger partial charge in [0.15, 0.2) is 6.04 Å². The largest absolute Gasteiger partial charge is 0.464 e. The molecule has 2 N–H and O–H groups in total. The SMILES string of the molecule is CCOC(=O)[C@@H]1[C@@H](O)[C@H](O)Cn2c(=O)n(-c3ccccc3)c(=O)n21. The average molecular weight is 335 g/mol. The van der Waals surface area contributed by atoms with Gasteiger partial charge in [0.25, 0.3) is 0 Å². The summed E-state index contributed by atoms with van der Waals surface area (Å²) in [5, 5.41) is 20.1. The molecule has 0 fully saturated rings. The molecule has 0 saturated carbocycles. The third kappa shape index (κ3) is 2.38. The van der Waals surface area contributed by atoms with E-state index in [-0.39, 0.29) is 13.2 Å². The number of carbonyl (C=O) groups is 1. The quantitative estimate of drug-likeness (QED) is 0.670. The van der Waals surface area contributed by atoms with Crippen LogP contribution >= 0.6 is 0 Å². The van der Waals surface area contributed by atoms with Gasteiger partial charge < -0.3 is 14.9 Å². The number of aliphatic hydroxyl groups is 2. The first-order chi connectivity index (χ1) is 11.5. The lowest BCUT2D eigenvalue weighted by atomic mass is 10.0. The van der Waals surface area contributed by atoms with E-state index in [0.29, 0.717) is 5.69 Å². The van der Waals surface area contributed by atoms with Gasteiger partial charge in [-0.05, 0) is 19.1 Å². The number of hydrogen-bond donors (Lipinski definition) is 2. The van der Waals surface area contributed by atoms with Crippen LogP contribution in [-0.2, 0) is 16.1 Å². The molecule has 0 spiro atoms. The van der Waals surface area contributed by atoms with Gasteiger partial charge in [0, 0.05) is 0 Å². The van der Waals surface area contributed by atoms with Crippen LogP contribution < -0.4 is 11.4 Å². The number of benzene rings is 1. The van der Waals surface area contributed by atoms with Crippen LogP contribution in [0.4, 0.5) is 0 Å². The molecule has 24 heavy (non-hydrogen) atoms. The van der Waals surface area contributed by atoms with Crippen LogP contribution in [0.1, 0.15) is 13.0 Å².